The molecular formula is C14H16N2O3. The van der Waals surface area contributed by atoms with E-state index in [9.17, 15) is 4.79 Å². The van der Waals surface area contributed by atoms with E-state index in [4.69, 9.17) is 15.2 Å². The fraction of sp³-hybridized carbons (Fsp3) is 0.286. The molecule has 0 aliphatic heterocycles. The lowest BCUT2D eigenvalue weighted by molar-refractivity contribution is 0.0330. The van der Waals surface area contributed by atoms with E-state index in [1.165, 1.54) is 6.07 Å². The summed E-state index contributed by atoms with van der Waals surface area (Å²) < 4.78 is 10.1. The van der Waals surface area contributed by atoms with Gasteiger partial charge in [-0.2, -0.15) is 0 Å². The molecule has 1 aromatic heterocycles. The minimum Gasteiger partial charge on any atom is -0.459 e. The van der Waals surface area contributed by atoms with E-state index >= 15 is 0 Å². The molecule has 0 spiro atoms. The highest BCUT2D eigenvalue weighted by Gasteiger charge is 2.11. The van der Waals surface area contributed by atoms with Gasteiger partial charge in [-0.25, -0.2) is 9.78 Å². The summed E-state index contributed by atoms with van der Waals surface area (Å²) in [7, 11) is 0. The molecule has 2 N–H and O–H groups in total. The molecule has 100 valence electrons. The van der Waals surface area contributed by atoms with Gasteiger partial charge in [-0.15, -0.1) is 0 Å². The lowest BCUT2D eigenvalue weighted by Crippen LogP contribution is -2.12. The monoisotopic (exact) mass is 260 g/mol. The SMILES string of the molecule is CCOCCOC(=O)c1cc(N)c2ccccc2n1. The maximum Gasteiger partial charge on any atom is 0.357 e. The lowest BCUT2D eigenvalue weighted by atomic mass is 10.1. The number of ether oxygens (including phenoxy) is 2. The van der Waals surface area contributed by atoms with Crippen molar-refractivity contribution in [2.45, 2.75) is 6.92 Å². The molecular weight excluding hydrogens is 244 g/mol. The molecule has 19 heavy (non-hydrogen) atoms. The first-order valence-electron chi connectivity index (χ1n) is 6.12. The van der Waals surface area contributed by atoms with Crippen molar-refractivity contribution in [3.63, 3.8) is 0 Å². The topological polar surface area (TPSA) is 74.4 Å². The van der Waals surface area contributed by atoms with Gasteiger partial charge >= 0.3 is 5.97 Å². The smallest absolute Gasteiger partial charge is 0.357 e. The number of carbonyl (C=O) groups is 1. The van der Waals surface area contributed by atoms with Gasteiger partial charge in [0.1, 0.15) is 6.61 Å². The van der Waals surface area contributed by atoms with Crippen LogP contribution in [0.25, 0.3) is 10.9 Å². The highest BCUT2D eigenvalue weighted by molar-refractivity contribution is 5.96. The van der Waals surface area contributed by atoms with Gasteiger partial charge in [0.15, 0.2) is 5.69 Å². The average Bonchev–Trinajstić information content (AvgIpc) is 2.43. The fourth-order valence-electron chi connectivity index (χ4n) is 1.72. The fourth-order valence-corrected chi connectivity index (χ4v) is 1.72. The van der Waals surface area contributed by atoms with Crippen molar-refractivity contribution in [2.24, 2.45) is 0 Å². The van der Waals surface area contributed by atoms with Crippen LogP contribution in [-0.4, -0.2) is 30.8 Å². The zero-order valence-corrected chi connectivity index (χ0v) is 10.8. The van der Waals surface area contributed by atoms with Gasteiger partial charge in [0, 0.05) is 17.7 Å². The predicted molar refractivity (Wildman–Crippen MR) is 72.9 cm³/mol. The van der Waals surface area contributed by atoms with E-state index in [2.05, 4.69) is 4.98 Å². The number of nitrogens with zero attached hydrogens (tertiary/aromatic N) is 1. The number of carbonyl (C=O) groups excluding carboxylic acids is 1. The van der Waals surface area contributed by atoms with E-state index < -0.39 is 5.97 Å². The van der Waals surface area contributed by atoms with E-state index in [1.54, 1.807) is 0 Å². The van der Waals surface area contributed by atoms with Crippen LogP contribution in [0.15, 0.2) is 30.3 Å². The van der Waals surface area contributed by atoms with Crippen LogP contribution in [0.1, 0.15) is 17.4 Å². The quantitative estimate of drug-likeness (QED) is 0.657. The number of anilines is 1. The number of nitrogen functional groups attached to an aromatic ring is 1. The van der Waals surface area contributed by atoms with Crippen molar-refractivity contribution in [1.29, 1.82) is 0 Å². The Morgan fingerprint density at radius 2 is 2.11 bits per heavy atom. The number of rotatable bonds is 5. The molecule has 0 bridgehead atoms. The van der Waals surface area contributed by atoms with Crippen LogP contribution < -0.4 is 5.73 Å². The second kappa shape index (κ2) is 6.15. The molecule has 2 rings (SSSR count). The van der Waals surface area contributed by atoms with Crippen LogP contribution in [0.4, 0.5) is 5.69 Å². The zero-order chi connectivity index (χ0) is 13.7. The Kier molecular flexibility index (Phi) is 4.30. The first-order chi connectivity index (χ1) is 9.22. The molecule has 0 atom stereocenters. The molecule has 2 aromatic rings. The summed E-state index contributed by atoms with van der Waals surface area (Å²) in [5, 5.41) is 0.827. The Bertz CT molecular complexity index is 584. The normalized spacial score (nSPS) is 10.6. The highest BCUT2D eigenvalue weighted by atomic mass is 16.6. The minimum atomic E-state index is -0.489. The molecule has 0 amide bonds. The molecule has 0 radical (unpaired) electrons. The molecule has 0 saturated carbocycles. The van der Waals surface area contributed by atoms with Crippen molar-refractivity contribution in [1.82, 2.24) is 4.98 Å². The number of esters is 1. The van der Waals surface area contributed by atoms with Crippen molar-refractivity contribution < 1.29 is 14.3 Å². The Balaban J connectivity index is 2.14. The van der Waals surface area contributed by atoms with E-state index in [-0.39, 0.29) is 12.3 Å². The van der Waals surface area contributed by atoms with Gasteiger partial charge in [-0.3, -0.25) is 0 Å². The number of pyridine rings is 1. The van der Waals surface area contributed by atoms with Crippen LogP contribution in [0.5, 0.6) is 0 Å². The number of nitrogens with two attached hydrogens (primary N) is 1. The summed E-state index contributed by atoms with van der Waals surface area (Å²) in [6.45, 7) is 3.07. The molecule has 5 heteroatoms. The van der Waals surface area contributed by atoms with E-state index in [1.807, 2.05) is 31.2 Å². The second-order valence-corrected chi connectivity index (χ2v) is 3.95. The molecule has 0 unspecified atom stereocenters. The molecule has 0 aliphatic rings. The molecule has 0 fully saturated rings. The largest absolute Gasteiger partial charge is 0.459 e. The third kappa shape index (κ3) is 3.20. The number of benzene rings is 1. The summed E-state index contributed by atoms with van der Waals surface area (Å²) in [6, 6.07) is 8.93. The summed E-state index contributed by atoms with van der Waals surface area (Å²) in [4.78, 5) is 16.0. The van der Waals surface area contributed by atoms with Crippen molar-refractivity contribution in [3.05, 3.63) is 36.0 Å². The Labute approximate surface area is 111 Å². The molecule has 0 saturated heterocycles. The van der Waals surface area contributed by atoms with Gasteiger partial charge in [0.25, 0.3) is 0 Å². The number of hydrogen-bond donors (Lipinski definition) is 1. The number of fused-ring (bicyclic) bond motifs is 1. The molecule has 0 aliphatic carbocycles. The summed E-state index contributed by atoms with van der Waals surface area (Å²) in [5.41, 5.74) is 7.31. The van der Waals surface area contributed by atoms with Gasteiger partial charge < -0.3 is 15.2 Å². The summed E-state index contributed by atoms with van der Waals surface area (Å²) in [6.07, 6.45) is 0. The van der Waals surface area contributed by atoms with E-state index in [0.29, 0.717) is 24.4 Å². The second-order valence-electron chi connectivity index (χ2n) is 3.95. The third-order valence-corrected chi connectivity index (χ3v) is 2.62. The predicted octanol–water partition coefficient (Wildman–Crippen LogP) is 2.01. The summed E-state index contributed by atoms with van der Waals surface area (Å²) in [5.74, 6) is -0.489. The Hall–Kier alpha value is -2.14. The lowest BCUT2D eigenvalue weighted by Gasteiger charge is -2.07. The van der Waals surface area contributed by atoms with Crippen LogP contribution >= 0.6 is 0 Å². The van der Waals surface area contributed by atoms with Crippen LogP contribution in [0.2, 0.25) is 0 Å². The van der Waals surface area contributed by atoms with Gasteiger partial charge in [-0.1, -0.05) is 18.2 Å². The van der Waals surface area contributed by atoms with Gasteiger partial charge in [0.05, 0.1) is 12.1 Å². The first kappa shape index (κ1) is 13.3. The average molecular weight is 260 g/mol. The molecule has 5 nitrogen and oxygen atoms in total. The van der Waals surface area contributed by atoms with Crippen molar-refractivity contribution in [3.8, 4) is 0 Å². The molecule has 1 aromatic carbocycles. The van der Waals surface area contributed by atoms with Gasteiger partial charge in [0.2, 0.25) is 0 Å². The minimum absolute atomic E-state index is 0.209. The zero-order valence-electron chi connectivity index (χ0n) is 10.8. The van der Waals surface area contributed by atoms with E-state index in [0.717, 1.165) is 5.39 Å². The number of hydrogen-bond acceptors (Lipinski definition) is 5. The van der Waals surface area contributed by atoms with Crippen LogP contribution in [0.3, 0.4) is 0 Å². The molecule has 1 heterocycles. The van der Waals surface area contributed by atoms with Crippen molar-refractivity contribution >= 4 is 22.6 Å². The van der Waals surface area contributed by atoms with Crippen LogP contribution in [-0.2, 0) is 9.47 Å². The Morgan fingerprint density at radius 1 is 1.32 bits per heavy atom. The number of aromatic nitrogens is 1. The maximum atomic E-state index is 11.8. The van der Waals surface area contributed by atoms with Gasteiger partial charge in [-0.05, 0) is 19.1 Å². The summed E-state index contributed by atoms with van der Waals surface area (Å²) >= 11 is 0. The van der Waals surface area contributed by atoms with Crippen LogP contribution in [0, 0.1) is 0 Å². The number of para-hydroxylation sites is 1. The first-order valence-corrected chi connectivity index (χ1v) is 6.12. The highest BCUT2D eigenvalue weighted by Crippen LogP contribution is 2.20. The van der Waals surface area contributed by atoms with Crippen molar-refractivity contribution in [2.75, 3.05) is 25.6 Å². The standard InChI is InChI=1S/C14H16N2O3/c1-2-18-7-8-19-14(17)13-9-11(15)10-5-3-4-6-12(10)16-13/h3-6,9H,2,7-8H2,1H3,(H2,15,16). The third-order valence-electron chi connectivity index (χ3n) is 2.62. The Morgan fingerprint density at radius 3 is 2.89 bits per heavy atom. The maximum absolute atomic E-state index is 11.8.